The van der Waals surface area contributed by atoms with Gasteiger partial charge in [0.05, 0.1) is 18.0 Å². The first kappa shape index (κ1) is 16.2. The summed E-state index contributed by atoms with van der Waals surface area (Å²) in [4.78, 5) is 4.39. The molecule has 1 aromatic heterocycles. The summed E-state index contributed by atoms with van der Waals surface area (Å²) in [5, 5.41) is 0.420. The molecule has 1 aliphatic rings. The third-order valence-electron chi connectivity index (χ3n) is 3.77. The average Bonchev–Trinajstić information content (AvgIpc) is 2.43. The Balaban J connectivity index is 1.70. The highest BCUT2D eigenvalue weighted by atomic mass is 35.5. The molecule has 0 aliphatic carbocycles. The molecule has 5 nitrogen and oxygen atoms in total. The minimum Gasteiger partial charge on any atom is -0.470 e. The Morgan fingerprint density at radius 2 is 2.00 bits per heavy atom. The van der Waals surface area contributed by atoms with E-state index >= 15 is 0 Å². The van der Waals surface area contributed by atoms with Gasteiger partial charge in [-0.25, -0.2) is 13.4 Å². The highest BCUT2D eigenvalue weighted by Crippen LogP contribution is 2.28. The van der Waals surface area contributed by atoms with Crippen LogP contribution in [-0.4, -0.2) is 36.9 Å². The lowest BCUT2D eigenvalue weighted by atomic mass is 10.2. The molecule has 1 aromatic carbocycles. The summed E-state index contributed by atoms with van der Waals surface area (Å²) in [6.07, 6.45) is 1.35. The van der Waals surface area contributed by atoms with E-state index in [-0.39, 0.29) is 6.10 Å². The lowest BCUT2D eigenvalue weighted by molar-refractivity contribution is 0.0721. The molecule has 1 fully saturated rings. The number of hydrogen-bond donors (Lipinski definition) is 0. The number of aromatic nitrogens is 1. The zero-order valence-corrected chi connectivity index (χ0v) is 14.4. The normalized spacial score (nSPS) is 16.1. The second-order valence-electron chi connectivity index (χ2n) is 5.62. The standard InChI is InChI=1S/C16H17ClN2O3S/c1-11-5-6-15(12(2)8-11)23(20,21)19-9-13(10-19)22-16-14(17)4-3-7-18-16/h3-8,13H,9-10H2,1-2H3. The maximum atomic E-state index is 12.6. The summed E-state index contributed by atoms with van der Waals surface area (Å²) in [5.74, 6) is 0.336. The summed E-state index contributed by atoms with van der Waals surface area (Å²) < 4.78 is 32.3. The van der Waals surface area contributed by atoms with Crippen LogP contribution in [0.5, 0.6) is 5.88 Å². The predicted octanol–water partition coefficient (Wildman–Crippen LogP) is 2.80. The van der Waals surface area contributed by atoms with Crippen LogP contribution in [0, 0.1) is 13.8 Å². The first-order chi connectivity index (χ1) is 10.9. The summed E-state index contributed by atoms with van der Waals surface area (Å²) in [5.41, 5.74) is 1.79. The lowest BCUT2D eigenvalue weighted by Crippen LogP contribution is -2.56. The molecule has 0 bridgehead atoms. The highest BCUT2D eigenvalue weighted by Gasteiger charge is 2.39. The van der Waals surface area contributed by atoms with Crippen molar-refractivity contribution in [2.24, 2.45) is 0 Å². The fraction of sp³-hybridized carbons (Fsp3) is 0.312. The molecule has 1 saturated heterocycles. The van der Waals surface area contributed by atoms with Crippen LogP contribution in [0.3, 0.4) is 0 Å². The largest absolute Gasteiger partial charge is 0.470 e. The van der Waals surface area contributed by atoms with Gasteiger partial charge in [-0.1, -0.05) is 29.3 Å². The second-order valence-corrected chi connectivity index (χ2v) is 7.93. The van der Waals surface area contributed by atoms with E-state index in [9.17, 15) is 8.42 Å². The SMILES string of the molecule is Cc1ccc(S(=O)(=O)N2CC(Oc3ncccc3Cl)C2)c(C)c1. The van der Waals surface area contributed by atoms with Crippen LogP contribution in [0.25, 0.3) is 0 Å². The third-order valence-corrected chi connectivity index (χ3v) is 6.05. The van der Waals surface area contributed by atoms with E-state index < -0.39 is 10.0 Å². The van der Waals surface area contributed by atoms with E-state index in [2.05, 4.69) is 4.98 Å². The summed E-state index contributed by atoms with van der Waals surface area (Å²) in [7, 11) is -3.49. The molecule has 2 aromatic rings. The molecule has 3 rings (SSSR count). The van der Waals surface area contributed by atoms with Crippen LogP contribution in [0.4, 0.5) is 0 Å². The first-order valence-electron chi connectivity index (χ1n) is 7.22. The molecular formula is C16H17ClN2O3S. The molecule has 23 heavy (non-hydrogen) atoms. The molecule has 0 N–H and O–H groups in total. The van der Waals surface area contributed by atoms with Gasteiger partial charge in [-0.15, -0.1) is 0 Å². The van der Waals surface area contributed by atoms with Gasteiger partial charge in [0.1, 0.15) is 11.1 Å². The van der Waals surface area contributed by atoms with E-state index in [1.807, 2.05) is 13.0 Å². The Morgan fingerprint density at radius 1 is 1.26 bits per heavy atom. The van der Waals surface area contributed by atoms with Crippen molar-refractivity contribution in [2.45, 2.75) is 24.8 Å². The highest BCUT2D eigenvalue weighted by molar-refractivity contribution is 7.89. The summed E-state index contributed by atoms with van der Waals surface area (Å²) in [6.45, 7) is 4.33. The fourth-order valence-electron chi connectivity index (χ4n) is 2.52. The average molecular weight is 353 g/mol. The van der Waals surface area contributed by atoms with Crippen LogP contribution in [0.2, 0.25) is 5.02 Å². The van der Waals surface area contributed by atoms with E-state index in [1.165, 1.54) is 4.31 Å². The van der Waals surface area contributed by atoms with Gasteiger partial charge in [-0.05, 0) is 37.6 Å². The van der Waals surface area contributed by atoms with Crippen LogP contribution < -0.4 is 4.74 Å². The maximum absolute atomic E-state index is 12.6. The quantitative estimate of drug-likeness (QED) is 0.849. The van der Waals surface area contributed by atoms with Crippen LogP contribution in [0.1, 0.15) is 11.1 Å². The Bertz CT molecular complexity index is 833. The Morgan fingerprint density at radius 3 is 2.65 bits per heavy atom. The van der Waals surface area contributed by atoms with Crippen molar-refractivity contribution in [1.29, 1.82) is 0 Å². The number of nitrogens with zero attached hydrogens (tertiary/aromatic N) is 2. The fourth-order valence-corrected chi connectivity index (χ4v) is 4.39. The van der Waals surface area contributed by atoms with E-state index in [0.29, 0.717) is 28.9 Å². The van der Waals surface area contributed by atoms with Crippen LogP contribution >= 0.6 is 11.6 Å². The van der Waals surface area contributed by atoms with Gasteiger partial charge in [0, 0.05) is 6.20 Å². The summed E-state index contributed by atoms with van der Waals surface area (Å²) >= 11 is 5.99. The third kappa shape index (κ3) is 3.20. The van der Waals surface area contributed by atoms with Gasteiger partial charge in [0.15, 0.2) is 0 Å². The van der Waals surface area contributed by atoms with Crippen LogP contribution in [-0.2, 0) is 10.0 Å². The zero-order valence-electron chi connectivity index (χ0n) is 12.9. The van der Waals surface area contributed by atoms with Crippen molar-refractivity contribution in [3.63, 3.8) is 0 Å². The monoisotopic (exact) mass is 352 g/mol. The second kappa shape index (κ2) is 6.11. The molecule has 0 radical (unpaired) electrons. The number of ether oxygens (including phenoxy) is 1. The molecule has 0 spiro atoms. The van der Waals surface area contributed by atoms with Gasteiger partial charge in [0.2, 0.25) is 15.9 Å². The van der Waals surface area contributed by atoms with E-state index in [0.717, 1.165) is 11.1 Å². The van der Waals surface area contributed by atoms with Gasteiger partial charge in [0.25, 0.3) is 0 Å². The predicted molar refractivity (Wildman–Crippen MR) is 88.3 cm³/mol. The molecule has 0 unspecified atom stereocenters. The number of aryl methyl sites for hydroxylation is 2. The van der Waals surface area contributed by atoms with Gasteiger partial charge < -0.3 is 4.74 Å². The van der Waals surface area contributed by atoms with Crippen molar-refractivity contribution in [2.75, 3.05) is 13.1 Å². The number of pyridine rings is 1. The molecule has 2 heterocycles. The Hall–Kier alpha value is -1.63. The summed E-state index contributed by atoms with van der Waals surface area (Å²) in [6, 6.07) is 8.74. The Labute approximate surface area is 140 Å². The molecule has 7 heteroatoms. The van der Waals surface area contributed by atoms with Crippen molar-refractivity contribution in [3.8, 4) is 5.88 Å². The number of hydrogen-bond acceptors (Lipinski definition) is 4. The minimum absolute atomic E-state index is 0.233. The van der Waals surface area contributed by atoms with Crippen molar-refractivity contribution in [3.05, 3.63) is 52.7 Å². The Kier molecular flexibility index (Phi) is 4.31. The van der Waals surface area contributed by atoms with Crippen molar-refractivity contribution in [1.82, 2.24) is 9.29 Å². The molecule has 0 saturated carbocycles. The number of benzene rings is 1. The van der Waals surface area contributed by atoms with Crippen molar-refractivity contribution >= 4 is 21.6 Å². The van der Waals surface area contributed by atoms with E-state index in [1.54, 1.807) is 37.4 Å². The number of rotatable bonds is 4. The smallest absolute Gasteiger partial charge is 0.243 e. The molecule has 0 amide bonds. The number of sulfonamides is 1. The topological polar surface area (TPSA) is 59.5 Å². The van der Waals surface area contributed by atoms with E-state index in [4.69, 9.17) is 16.3 Å². The molecule has 122 valence electrons. The molecule has 1 aliphatic heterocycles. The van der Waals surface area contributed by atoms with Gasteiger partial charge in [-0.2, -0.15) is 4.31 Å². The van der Waals surface area contributed by atoms with Gasteiger partial charge >= 0.3 is 0 Å². The maximum Gasteiger partial charge on any atom is 0.243 e. The number of halogens is 1. The molecule has 0 atom stereocenters. The van der Waals surface area contributed by atoms with Crippen molar-refractivity contribution < 1.29 is 13.2 Å². The van der Waals surface area contributed by atoms with Crippen LogP contribution in [0.15, 0.2) is 41.4 Å². The minimum atomic E-state index is -3.49. The molecular weight excluding hydrogens is 336 g/mol. The van der Waals surface area contributed by atoms with Gasteiger partial charge in [-0.3, -0.25) is 0 Å². The zero-order chi connectivity index (χ0) is 16.6. The first-order valence-corrected chi connectivity index (χ1v) is 9.04. The lowest BCUT2D eigenvalue weighted by Gasteiger charge is -2.37.